The lowest BCUT2D eigenvalue weighted by Gasteiger charge is -2.19. The first kappa shape index (κ1) is 11.9. The third-order valence-corrected chi connectivity index (χ3v) is 3.49. The van der Waals surface area contributed by atoms with Crippen LogP contribution in [0.5, 0.6) is 5.75 Å². The van der Waals surface area contributed by atoms with Crippen LogP contribution < -0.4 is 5.73 Å². The summed E-state index contributed by atoms with van der Waals surface area (Å²) >= 11 is 0. The number of non-ortho nitro benzene ring substituents is 1. The van der Waals surface area contributed by atoms with E-state index in [1.807, 2.05) is 0 Å². The molecular weight excluding hydrogens is 220 g/mol. The average Bonchev–Trinajstić information content (AvgIpc) is 2.81. The lowest BCUT2D eigenvalue weighted by Crippen LogP contribution is -2.19. The van der Waals surface area contributed by atoms with Crippen molar-refractivity contribution in [2.24, 2.45) is 11.7 Å². The number of hydrogen-bond acceptors (Lipinski definition) is 4. The summed E-state index contributed by atoms with van der Waals surface area (Å²) in [5, 5.41) is 20.4. The number of nitrogens with zero attached hydrogens (tertiary/aromatic N) is 1. The van der Waals surface area contributed by atoms with E-state index in [9.17, 15) is 15.2 Å². The molecule has 5 heteroatoms. The molecule has 2 rings (SSSR count). The second-order valence-electron chi connectivity index (χ2n) is 4.57. The van der Waals surface area contributed by atoms with Crippen LogP contribution in [-0.4, -0.2) is 10.0 Å². The first-order chi connectivity index (χ1) is 8.09. The molecule has 1 aliphatic carbocycles. The second kappa shape index (κ2) is 4.71. The fourth-order valence-electron chi connectivity index (χ4n) is 2.49. The Kier molecular flexibility index (Phi) is 3.28. The number of benzene rings is 1. The number of rotatable bonds is 3. The molecule has 0 radical (unpaired) electrons. The molecule has 0 bridgehead atoms. The third-order valence-electron chi connectivity index (χ3n) is 3.49. The first-order valence-corrected chi connectivity index (χ1v) is 5.82. The molecule has 3 N–H and O–H groups in total. The maximum absolute atomic E-state index is 10.7. The molecule has 92 valence electrons. The van der Waals surface area contributed by atoms with Gasteiger partial charge < -0.3 is 10.8 Å². The Morgan fingerprint density at radius 2 is 2.06 bits per heavy atom. The van der Waals surface area contributed by atoms with Crippen molar-refractivity contribution in [1.29, 1.82) is 0 Å². The van der Waals surface area contributed by atoms with Gasteiger partial charge in [-0.15, -0.1) is 0 Å². The third kappa shape index (κ3) is 2.39. The lowest BCUT2D eigenvalue weighted by atomic mass is 9.91. The summed E-state index contributed by atoms with van der Waals surface area (Å²) in [6.07, 6.45) is 4.36. The van der Waals surface area contributed by atoms with Gasteiger partial charge >= 0.3 is 0 Å². The first-order valence-electron chi connectivity index (χ1n) is 5.82. The summed E-state index contributed by atoms with van der Waals surface area (Å²) in [5.41, 5.74) is 6.56. The van der Waals surface area contributed by atoms with Gasteiger partial charge in [0, 0.05) is 23.7 Å². The quantitative estimate of drug-likeness (QED) is 0.623. The second-order valence-corrected chi connectivity index (χ2v) is 4.57. The molecule has 0 amide bonds. The fraction of sp³-hybridized carbons (Fsp3) is 0.500. The summed E-state index contributed by atoms with van der Waals surface area (Å²) in [6.45, 7) is 0. The maximum atomic E-state index is 10.7. The molecule has 0 heterocycles. The predicted octanol–water partition coefficient (Wildman–Crippen LogP) is 2.49. The van der Waals surface area contributed by atoms with E-state index in [1.54, 1.807) is 0 Å². The van der Waals surface area contributed by atoms with Gasteiger partial charge in [0.2, 0.25) is 0 Å². The van der Waals surface area contributed by atoms with Gasteiger partial charge in [-0.25, -0.2) is 0 Å². The Morgan fingerprint density at radius 1 is 1.41 bits per heavy atom. The van der Waals surface area contributed by atoms with E-state index in [4.69, 9.17) is 5.73 Å². The van der Waals surface area contributed by atoms with Gasteiger partial charge in [0.15, 0.2) is 0 Å². The van der Waals surface area contributed by atoms with Crippen LogP contribution in [0, 0.1) is 16.0 Å². The molecule has 1 saturated carbocycles. The molecule has 0 aromatic heterocycles. The summed E-state index contributed by atoms with van der Waals surface area (Å²) in [7, 11) is 0. The Bertz CT molecular complexity index is 428. The Hall–Kier alpha value is -1.62. The highest BCUT2D eigenvalue weighted by molar-refractivity contribution is 5.44. The van der Waals surface area contributed by atoms with Crippen molar-refractivity contribution >= 4 is 5.69 Å². The van der Waals surface area contributed by atoms with Crippen LogP contribution >= 0.6 is 0 Å². The highest BCUT2D eigenvalue weighted by atomic mass is 16.6. The van der Waals surface area contributed by atoms with Gasteiger partial charge in [-0.05, 0) is 24.8 Å². The summed E-state index contributed by atoms with van der Waals surface area (Å²) in [4.78, 5) is 10.2. The Labute approximate surface area is 99.4 Å². The van der Waals surface area contributed by atoms with Gasteiger partial charge in [0.05, 0.1) is 4.92 Å². The Morgan fingerprint density at radius 3 is 2.65 bits per heavy atom. The number of nitro groups is 1. The molecule has 1 atom stereocenters. The van der Waals surface area contributed by atoms with Crippen LogP contribution in [0.4, 0.5) is 5.69 Å². The van der Waals surface area contributed by atoms with E-state index < -0.39 is 4.92 Å². The minimum atomic E-state index is -0.468. The van der Waals surface area contributed by atoms with Crippen molar-refractivity contribution in [3.63, 3.8) is 0 Å². The summed E-state index contributed by atoms with van der Waals surface area (Å²) < 4.78 is 0. The van der Waals surface area contributed by atoms with Gasteiger partial charge in [0.25, 0.3) is 5.69 Å². The van der Waals surface area contributed by atoms with Crippen LogP contribution in [-0.2, 0) is 0 Å². The minimum Gasteiger partial charge on any atom is -0.508 e. The zero-order chi connectivity index (χ0) is 12.4. The van der Waals surface area contributed by atoms with Gasteiger partial charge in [0.1, 0.15) is 5.75 Å². The number of nitrogens with two attached hydrogens (primary N) is 1. The molecule has 0 spiro atoms. The smallest absolute Gasteiger partial charge is 0.270 e. The molecule has 5 nitrogen and oxygen atoms in total. The molecular formula is C12H16N2O3. The molecule has 1 aliphatic rings. The van der Waals surface area contributed by atoms with Crippen LogP contribution in [0.15, 0.2) is 18.2 Å². The highest BCUT2D eigenvalue weighted by Gasteiger charge is 2.26. The molecule has 1 fully saturated rings. The van der Waals surface area contributed by atoms with Crippen LogP contribution in [0.25, 0.3) is 0 Å². The molecule has 0 aliphatic heterocycles. The normalized spacial score (nSPS) is 18.2. The van der Waals surface area contributed by atoms with Crippen molar-refractivity contribution in [3.05, 3.63) is 33.9 Å². The predicted molar refractivity (Wildman–Crippen MR) is 63.6 cm³/mol. The zero-order valence-corrected chi connectivity index (χ0v) is 9.50. The fourth-order valence-corrected chi connectivity index (χ4v) is 2.49. The van der Waals surface area contributed by atoms with Crippen LogP contribution in [0.2, 0.25) is 0 Å². The lowest BCUT2D eigenvalue weighted by molar-refractivity contribution is -0.385. The monoisotopic (exact) mass is 236 g/mol. The van der Waals surface area contributed by atoms with Crippen molar-refractivity contribution in [2.75, 3.05) is 0 Å². The van der Waals surface area contributed by atoms with Gasteiger partial charge in [-0.2, -0.15) is 0 Å². The average molecular weight is 236 g/mol. The van der Waals surface area contributed by atoms with Gasteiger partial charge in [-0.1, -0.05) is 12.8 Å². The molecule has 0 saturated heterocycles. The van der Waals surface area contributed by atoms with Crippen molar-refractivity contribution in [2.45, 2.75) is 31.7 Å². The van der Waals surface area contributed by atoms with E-state index in [0.29, 0.717) is 11.5 Å². The molecule has 1 aromatic rings. The van der Waals surface area contributed by atoms with Crippen LogP contribution in [0.1, 0.15) is 37.3 Å². The number of phenolic OH excluding ortho intramolecular Hbond substituents is 1. The van der Waals surface area contributed by atoms with E-state index in [2.05, 4.69) is 0 Å². The zero-order valence-electron chi connectivity index (χ0n) is 9.50. The van der Waals surface area contributed by atoms with E-state index in [1.165, 1.54) is 18.2 Å². The number of aromatic hydroxyl groups is 1. The van der Waals surface area contributed by atoms with Crippen LogP contribution in [0.3, 0.4) is 0 Å². The SMILES string of the molecule is N[C@@H](c1cc([N+](=O)[O-])ccc1O)C1CCCC1. The molecule has 1 aromatic carbocycles. The van der Waals surface area contributed by atoms with Gasteiger partial charge in [-0.3, -0.25) is 10.1 Å². The van der Waals surface area contributed by atoms with E-state index in [0.717, 1.165) is 25.7 Å². The molecule has 17 heavy (non-hydrogen) atoms. The largest absolute Gasteiger partial charge is 0.508 e. The maximum Gasteiger partial charge on any atom is 0.270 e. The Balaban J connectivity index is 2.29. The standard InChI is InChI=1S/C12H16N2O3/c13-12(8-3-1-2-4-8)10-7-9(14(16)17)5-6-11(10)15/h5-8,12,15H,1-4,13H2/t12-/m1/s1. The van der Waals surface area contributed by atoms with E-state index in [-0.39, 0.29) is 17.5 Å². The summed E-state index contributed by atoms with van der Waals surface area (Å²) in [6, 6.07) is 3.72. The number of nitro benzene ring substituents is 1. The highest BCUT2D eigenvalue weighted by Crippen LogP contribution is 2.38. The van der Waals surface area contributed by atoms with E-state index >= 15 is 0 Å². The number of phenols is 1. The van der Waals surface area contributed by atoms with Crippen molar-refractivity contribution in [1.82, 2.24) is 0 Å². The van der Waals surface area contributed by atoms with Crippen molar-refractivity contribution in [3.8, 4) is 5.75 Å². The number of hydrogen-bond donors (Lipinski definition) is 2. The summed E-state index contributed by atoms with van der Waals surface area (Å²) in [5.74, 6) is 0.373. The topological polar surface area (TPSA) is 89.4 Å². The minimum absolute atomic E-state index is 0.0220. The molecule has 0 unspecified atom stereocenters. The van der Waals surface area contributed by atoms with Crippen molar-refractivity contribution < 1.29 is 10.0 Å².